The Labute approximate surface area is 156 Å². The molecule has 0 spiro atoms. The van der Waals surface area contributed by atoms with Crippen molar-refractivity contribution in [1.29, 1.82) is 0 Å². The average Bonchev–Trinajstić information content (AvgIpc) is 3.17. The van der Waals surface area contributed by atoms with Gasteiger partial charge in [-0.25, -0.2) is 4.79 Å². The van der Waals surface area contributed by atoms with E-state index in [2.05, 4.69) is 10.6 Å². The van der Waals surface area contributed by atoms with Crippen LogP contribution in [0.25, 0.3) is 0 Å². The standard InChI is InChI=1S/C19H22N2O4S/c1-12(15-8-5-4-6-9-15)20-17(22)14(3)25-19(24)13(2)21-18(23)16-10-7-11-26-16/h4-14H,1-3H3,(H,20,22)(H,21,23). The van der Waals surface area contributed by atoms with Gasteiger partial charge in [0.1, 0.15) is 6.04 Å². The molecule has 7 heteroatoms. The van der Waals surface area contributed by atoms with E-state index in [0.29, 0.717) is 4.88 Å². The van der Waals surface area contributed by atoms with Gasteiger partial charge in [-0.1, -0.05) is 36.4 Å². The van der Waals surface area contributed by atoms with E-state index >= 15 is 0 Å². The number of carbonyl (C=O) groups excluding carboxylic acids is 3. The van der Waals surface area contributed by atoms with Crippen LogP contribution in [0.3, 0.4) is 0 Å². The second-order valence-electron chi connectivity index (χ2n) is 5.89. The molecule has 0 aliphatic heterocycles. The minimum absolute atomic E-state index is 0.208. The molecule has 1 heterocycles. The van der Waals surface area contributed by atoms with Gasteiger partial charge >= 0.3 is 5.97 Å². The Hall–Kier alpha value is -2.67. The van der Waals surface area contributed by atoms with Crippen LogP contribution in [0.2, 0.25) is 0 Å². The highest BCUT2D eigenvalue weighted by atomic mass is 32.1. The predicted octanol–water partition coefficient (Wildman–Crippen LogP) is 2.68. The molecule has 0 radical (unpaired) electrons. The predicted molar refractivity (Wildman–Crippen MR) is 99.8 cm³/mol. The number of hydrogen-bond donors (Lipinski definition) is 2. The molecule has 0 aliphatic rings. The van der Waals surface area contributed by atoms with E-state index in [1.807, 2.05) is 37.3 Å². The summed E-state index contributed by atoms with van der Waals surface area (Å²) in [6.45, 7) is 4.87. The van der Waals surface area contributed by atoms with Crippen molar-refractivity contribution in [2.24, 2.45) is 0 Å². The van der Waals surface area contributed by atoms with Crippen LogP contribution in [0.4, 0.5) is 0 Å². The normalized spacial score (nSPS) is 14.0. The number of ether oxygens (including phenoxy) is 1. The van der Waals surface area contributed by atoms with Crippen molar-refractivity contribution in [3.63, 3.8) is 0 Å². The molecule has 0 fully saturated rings. The Morgan fingerprint density at radius 3 is 2.27 bits per heavy atom. The van der Waals surface area contributed by atoms with E-state index in [0.717, 1.165) is 5.56 Å². The van der Waals surface area contributed by atoms with Gasteiger partial charge in [-0.15, -0.1) is 11.3 Å². The summed E-state index contributed by atoms with van der Waals surface area (Å²) in [5, 5.41) is 7.14. The molecule has 1 aromatic carbocycles. The second kappa shape index (κ2) is 9.15. The molecule has 138 valence electrons. The fourth-order valence-electron chi connectivity index (χ4n) is 2.22. The van der Waals surface area contributed by atoms with Crippen LogP contribution in [0.5, 0.6) is 0 Å². The summed E-state index contributed by atoms with van der Waals surface area (Å²) in [6, 6.07) is 11.8. The third kappa shape index (κ3) is 5.42. The minimum atomic E-state index is -0.963. The van der Waals surface area contributed by atoms with Gasteiger partial charge in [0, 0.05) is 0 Å². The molecule has 0 saturated heterocycles. The van der Waals surface area contributed by atoms with Crippen LogP contribution in [0.15, 0.2) is 47.8 Å². The minimum Gasteiger partial charge on any atom is -0.451 e. The Morgan fingerprint density at radius 1 is 0.962 bits per heavy atom. The summed E-state index contributed by atoms with van der Waals surface area (Å²) in [4.78, 5) is 36.8. The summed E-state index contributed by atoms with van der Waals surface area (Å²) in [6.07, 6.45) is -0.963. The van der Waals surface area contributed by atoms with E-state index in [9.17, 15) is 14.4 Å². The first-order valence-electron chi connectivity index (χ1n) is 8.28. The molecule has 3 unspecified atom stereocenters. The first kappa shape index (κ1) is 19.7. The number of amides is 2. The van der Waals surface area contributed by atoms with Gasteiger partial charge in [0.15, 0.2) is 6.10 Å². The fraction of sp³-hybridized carbons (Fsp3) is 0.316. The van der Waals surface area contributed by atoms with E-state index in [1.165, 1.54) is 25.2 Å². The Morgan fingerprint density at radius 2 is 1.65 bits per heavy atom. The largest absolute Gasteiger partial charge is 0.451 e. The Kier molecular flexibility index (Phi) is 6.91. The molecule has 0 aliphatic carbocycles. The van der Waals surface area contributed by atoms with Crippen molar-refractivity contribution in [1.82, 2.24) is 10.6 Å². The molecule has 0 saturated carbocycles. The molecule has 2 rings (SSSR count). The summed E-state index contributed by atoms with van der Waals surface area (Å²) in [5.74, 6) is -1.41. The molecule has 26 heavy (non-hydrogen) atoms. The lowest BCUT2D eigenvalue weighted by Gasteiger charge is -2.20. The molecular weight excluding hydrogens is 352 g/mol. The van der Waals surface area contributed by atoms with Gasteiger partial charge in [-0.2, -0.15) is 0 Å². The highest BCUT2D eigenvalue weighted by molar-refractivity contribution is 7.12. The SMILES string of the molecule is CC(NC(=O)c1cccs1)C(=O)OC(C)C(=O)NC(C)c1ccccc1. The van der Waals surface area contributed by atoms with Crippen molar-refractivity contribution < 1.29 is 19.1 Å². The van der Waals surface area contributed by atoms with Gasteiger partial charge in [0.25, 0.3) is 11.8 Å². The average molecular weight is 374 g/mol. The van der Waals surface area contributed by atoms with Crippen LogP contribution in [0.1, 0.15) is 42.0 Å². The maximum absolute atomic E-state index is 12.2. The molecule has 6 nitrogen and oxygen atoms in total. The van der Waals surface area contributed by atoms with E-state index in [-0.39, 0.29) is 11.9 Å². The van der Waals surface area contributed by atoms with Gasteiger partial charge in [0.2, 0.25) is 0 Å². The van der Waals surface area contributed by atoms with Crippen LogP contribution >= 0.6 is 11.3 Å². The molecule has 2 N–H and O–H groups in total. The Bertz CT molecular complexity index is 746. The summed E-state index contributed by atoms with van der Waals surface area (Å²) >= 11 is 1.28. The quantitative estimate of drug-likeness (QED) is 0.730. The zero-order valence-electron chi connectivity index (χ0n) is 14.9. The van der Waals surface area contributed by atoms with Crippen LogP contribution in [0, 0.1) is 0 Å². The van der Waals surface area contributed by atoms with E-state index in [4.69, 9.17) is 4.74 Å². The molecule has 0 bridgehead atoms. The van der Waals surface area contributed by atoms with Crippen LogP contribution < -0.4 is 10.6 Å². The molecule has 2 aromatic rings. The van der Waals surface area contributed by atoms with Crippen LogP contribution in [-0.4, -0.2) is 29.9 Å². The molecular formula is C19H22N2O4S. The number of thiophene rings is 1. The lowest BCUT2D eigenvalue weighted by atomic mass is 10.1. The topological polar surface area (TPSA) is 84.5 Å². The fourth-order valence-corrected chi connectivity index (χ4v) is 2.85. The van der Waals surface area contributed by atoms with Crippen LogP contribution in [-0.2, 0) is 14.3 Å². The second-order valence-corrected chi connectivity index (χ2v) is 6.84. The number of nitrogens with one attached hydrogen (secondary N) is 2. The van der Waals surface area contributed by atoms with Gasteiger partial charge in [-0.3, -0.25) is 9.59 Å². The first-order chi connectivity index (χ1) is 12.4. The van der Waals surface area contributed by atoms with Crippen molar-refractivity contribution in [3.8, 4) is 0 Å². The zero-order chi connectivity index (χ0) is 19.1. The Balaban J connectivity index is 1.83. The molecule has 2 amide bonds. The third-order valence-electron chi connectivity index (χ3n) is 3.77. The molecule has 3 atom stereocenters. The summed E-state index contributed by atoms with van der Waals surface area (Å²) in [7, 11) is 0. The summed E-state index contributed by atoms with van der Waals surface area (Å²) < 4.78 is 5.17. The molecule has 1 aromatic heterocycles. The lowest BCUT2D eigenvalue weighted by Crippen LogP contribution is -2.43. The number of benzene rings is 1. The maximum Gasteiger partial charge on any atom is 0.329 e. The van der Waals surface area contributed by atoms with Crippen molar-refractivity contribution in [2.45, 2.75) is 39.0 Å². The maximum atomic E-state index is 12.2. The zero-order valence-corrected chi connectivity index (χ0v) is 15.7. The number of hydrogen-bond acceptors (Lipinski definition) is 5. The van der Waals surface area contributed by atoms with Gasteiger partial charge in [-0.05, 0) is 37.8 Å². The first-order valence-corrected chi connectivity index (χ1v) is 9.16. The van der Waals surface area contributed by atoms with E-state index < -0.39 is 24.0 Å². The van der Waals surface area contributed by atoms with Crippen molar-refractivity contribution >= 4 is 29.1 Å². The van der Waals surface area contributed by atoms with Gasteiger partial charge in [0.05, 0.1) is 10.9 Å². The number of rotatable bonds is 7. The smallest absolute Gasteiger partial charge is 0.329 e. The highest BCUT2D eigenvalue weighted by Gasteiger charge is 2.24. The van der Waals surface area contributed by atoms with Gasteiger partial charge < -0.3 is 15.4 Å². The number of carbonyl (C=O) groups is 3. The summed E-state index contributed by atoms with van der Waals surface area (Å²) in [5.41, 5.74) is 0.955. The third-order valence-corrected chi connectivity index (χ3v) is 4.64. The van der Waals surface area contributed by atoms with Crippen molar-refractivity contribution in [3.05, 3.63) is 58.3 Å². The monoisotopic (exact) mass is 374 g/mol. The lowest BCUT2D eigenvalue weighted by molar-refractivity contribution is -0.156. The van der Waals surface area contributed by atoms with E-state index in [1.54, 1.807) is 17.5 Å². The highest BCUT2D eigenvalue weighted by Crippen LogP contribution is 2.12. The number of esters is 1. The van der Waals surface area contributed by atoms with Crippen molar-refractivity contribution in [2.75, 3.05) is 0 Å².